The Hall–Kier alpha value is -1.10. The van der Waals surface area contributed by atoms with Gasteiger partial charge in [0.1, 0.15) is 24.2 Å². The SMILES string of the molecule is CSCCC(N)C(=O)NC(CCSC)C(=O)O.CSCC[C@@H](N)C(=O)O.CSCC[C@H](N)C(=O)O.CSCC[C@H](N)C(=O)O.O. The third-order valence-corrected chi connectivity index (χ3v) is 8.27. The van der Waals surface area contributed by atoms with Gasteiger partial charge in [-0.2, -0.15) is 58.8 Å². The van der Waals surface area contributed by atoms with Crippen LogP contribution in [-0.4, -0.2) is 146 Å². The van der Waals surface area contributed by atoms with Gasteiger partial charge in [-0.05, 0) is 92.1 Å². The normalized spacial score (nSPS) is 13.2. The fraction of sp³-hybridized carbons (Fsp3) is 0.800. The van der Waals surface area contributed by atoms with Crippen LogP contribution in [0.15, 0.2) is 0 Å². The molecule has 15 N–H and O–H groups in total. The summed E-state index contributed by atoms with van der Waals surface area (Å²) in [4.78, 5) is 52.7. The van der Waals surface area contributed by atoms with E-state index >= 15 is 0 Å². The van der Waals surface area contributed by atoms with Gasteiger partial charge in [-0.3, -0.25) is 19.2 Å². The van der Waals surface area contributed by atoms with Gasteiger partial charge in [0.05, 0.1) is 6.04 Å². The Morgan fingerprint density at radius 2 is 0.733 bits per heavy atom. The summed E-state index contributed by atoms with van der Waals surface area (Å²) in [7, 11) is 0. The van der Waals surface area contributed by atoms with Crippen molar-refractivity contribution >= 4 is 88.6 Å². The van der Waals surface area contributed by atoms with Crippen LogP contribution in [0.5, 0.6) is 0 Å². The van der Waals surface area contributed by atoms with E-state index in [9.17, 15) is 24.0 Å². The lowest BCUT2D eigenvalue weighted by molar-refractivity contribution is -0.142. The topological polar surface area (TPSA) is 314 Å². The van der Waals surface area contributed by atoms with Gasteiger partial charge < -0.3 is 54.2 Å². The second-order valence-corrected chi connectivity index (χ2v) is 13.7. The number of hydrogen-bond acceptors (Lipinski definition) is 14. The minimum absolute atomic E-state index is 0. The van der Waals surface area contributed by atoms with Crippen LogP contribution in [0.4, 0.5) is 0 Å². The third kappa shape index (κ3) is 39.0. The molecule has 0 aliphatic rings. The number of nitrogens with one attached hydrogen (secondary N) is 1. The minimum Gasteiger partial charge on any atom is -0.480 e. The van der Waals surface area contributed by atoms with Crippen LogP contribution in [0.3, 0.4) is 0 Å². The summed E-state index contributed by atoms with van der Waals surface area (Å²) in [6.07, 6.45) is 12.2. The molecule has 0 heterocycles. The van der Waals surface area contributed by atoms with E-state index in [1.54, 1.807) is 58.8 Å². The van der Waals surface area contributed by atoms with Crippen molar-refractivity contribution in [3.8, 4) is 0 Å². The summed E-state index contributed by atoms with van der Waals surface area (Å²) in [6.45, 7) is 0. The number of carboxylic acids is 4. The molecule has 2 unspecified atom stereocenters. The molecule has 0 aromatic heterocycles. The number of carboxylic acid groups (broad SMARTS) is 4. The Morgan fingerprint density at radius 3 is 0.956 bits per heavy atom. The van der Waals surface area contributed by atoms with E-state index in [-0.39, 0.29) is 11.4 Å². The largest absolute Gasteiger partial charge is 0.480 e. The number of carbonyl (C=O) groups is 5. The zero-order chi connectivity index (χ0) is 35.1. The Morgan fingerprint density at radius 1 is 0.489 bits per heavy atom. The van der Waals surface area contributed by atoms with E-state index in [0.29, 0.717) is 37.9 Å². The monoisotopic (exact) mass is 745 g/mol. The van der Waals surface area contributed by atoms with Crippen molar-refractivity contribution in [1.82, 2.24) is 5.32 Å². The molecular formula is C25H55N5O10S5. The van der Waals surface area contributed by atoms with Crippen molar-refractivity contribution in [2.45, 2.75) is 62.3 Å². The molecule has 0 fully saturated rings. The number of thioether (sulfide) groups is 5. The second-order valence-electron chi connectivity index (χ2n) is 8.75. The van der Waals surface area contributed by atoms with Crippen molar-refractivity contribution in [2.24, 2.45) is 22.9 Å². The molecular weight excluding hydrogens is 691 g/mol. The molecule has 20 heteroatoms. The van der Waals surface area contributed by atoms with Gasteiger partial charge in [0.15, 0.2) is 0 Å². The summed E-state index contributed by atoms with van der Waals surface area (Å²) >= 11 is 7.97. The Bertz CT molecular complexity index is 721. The minimum atomic E-state index is -1.01. The molecule has 0 aromatic carbocycles. The van der Waals surface area contributed by atoms with Gasteiger partial charge in [0, 0.05) is 0 Å². The summed E-state index contributed by atoms with van der Waals surface area (Å²) in [5, 5.41) is 36.2. The zero-order valence-corrected chi connectivity index (χ0v) is 30.7. The molecule has 0 saturated carbocycles. The first-order valence-corrected chi connectivity index (χ1v) is 20.2. The highest BCUT2D eigenvalue weighted by atomic mass is 32.2. The van der Waals surface area contributed by atoms with Crippen molar-refractivity contribution in [3.63, 3.8) is 0 Å². The van der Waals surface area contributed by atoms with Crippen LogP contribution >= 0.6 is 58.8 Å². The molecule has 0 saturated heterocycles. The van der Waals surface area contributed by atoms with Gasteiger partial charge in [0.25, 0.3) is 0 Å². The maximum Gasteiger partial charge on any atom is 0.326 e. The Kier molecular flexibility index (Phi) is 44.3. The van der Waals surface area contributed by atoms with Gasteiger partial charge in [-0.15, -0.1) is 0 Å². The van der Waals surface area contributed by atoms with Crippen LogP contribution in [-0.2, 0) is 24.0 Å². The molecule has 270 valence electrons. The smallest absolute Gasteiger partial charge is 0.326 e. The molecule has 15 nitrogen and oxygen atoms in total. The molecule has 5 atom stereocenters. The van der Waals surface area contributed by atoms with Crippen LogP contribution in [0.1, 0.15) is 32.1 Å². The lowest BCUT2D eigenvalue weighted by Gasteiger charge is -2.17. The van der Waals surface area contributed by atoms with Crippen LogP contribution in [0.2, 0.25) is 0 Å². The number of hydrogen-bond donors (Lipinski definition) is 9. The number of nitrogens with two attached hydrogens (primary N) is 4. The Balaban J connectivity index is -0.000000165. The first-order valence-electron chi connectivity index (χ1n) is 13.3. The average Bonchev–Trinajstić information content (AvgIpc) is 2.98. The van der Waals surface area contributed by atoms with E-state index in [1.165, 1.54) is 0 Å². The second kappa shape index (κ2) is 37.4. The lowest BCUT2D eigenvalue weighted by Crippen LogP contribution is -2.48. The van der Waals surface area contributed by atoms with Crippen LogP contribution in [0.25, 0.3) is 0 Å². The summed E-state index contributed by atoms with van der Waals surface area (Å²) in [5.74, 6) is -0.211. The molecule has 0 aliphatic heterocycles. The predicted octanol–water partition coefficient (Wildman–Crippen LogP) is 0.0188. The average molecular weight is 746 g/mol. The quantitative estimate of drug-likeness (QED) is 0.0747. The third-order valence-electron chi connectivity index (χ3n) is 5.05. The molecule has 1 amide bonds. The van der Waals surface area contributed by atoms with E-state index < -0.39 is 54.1 Å². The number of aliphatic carboxylic acids is 4. The standard InChI is InChI=1S/C10H20N2O3S2.3C5H11NO2S.H2O/c1-16-5-3-7(11)9(13)12-8(10(14)15)4-6-17-2;3*1-9-3-2-4(6)5(7)8;/h7-8H,3-6,11H2,1-2H3,(H,12,13)(H,14,15);3*4H,2-3,6H2,1H3,(H,7,8);1H2/t;3*4-;/m.100./s1. The highest BCUT2D eigenvalue weighted by Crippen LogP contribution is 2.04. The molecule has 0 bridgehead atoms. The highest BCUT2D eigenvalue weighted by molar-refractivity contribution is 7.99. The van der Waals surface area contributed by atoms with Gasteiger partial charge in [-0.1, -0.05) is 0 Å². The van der Waals surface area contributed by atoms with Crippen molar-refractivity contribution < 1.29 is 49.9 Å². The first-order chi connectivity index (χ1) is 20.6. The fourth-order valence-corrected chi connectivity index (χ4v) is 4.68. The van der Waals surface area contributed by atoms with Gasteiger partial charge in [0.2, 0.25) is 5.91 Å². The van der Waals surface area contributed by atoms with E-state index in [2.05, 4.69) is 5.32 Å². The first kappa shape index (κ1) is 53.4. The summed E-state index contributed by atoms with van der Waals surface area (Å²) in [6, 6.07) is -3.51. The van der Waals surface area contributed by atoms with Crippen molar-refractivity contribution in [2.75, 3.05) is 60.0 Å². The van der Waals surface area contributed by atoms with E-state index in [0.717, 1.165) is 23.0 Å². The highest BCUT2D eigenvalue weighted by Gasteiger charge is 2.22. The molecule has 0 aliphatic carbocycles. The van der Waals surface area contributed by atoms with E-state index in [1.807, 2.05) is 31.3 Å². The van der Waals surface area contributed by atoms with Gasteiger partial charge >= 0.3 is 23.9 Å². The molecule has 45 heavy (non-hydrogen) atoms. The zero-order valence-electron chi connectivity index (χ0n) is 26.6. The summed E-state index contributed by atoms with van der Waals surface area (Å²) in [5.41, 5.74) is 21.2. The van der Waals surface area contributed by atoms with Gasteiger partial charge in [-0.25, -0.2) is 4.79 Å². The summed E-state index contributed by atoms with van der Waals surface area (Å²) < 4.78 is 0. The number of rotatable bonds is 21. The maximum absolute atomic E-state index is 11.6. The van der Waals surface area contributed by atoms with Crippen molar-refractivity contribution in [1.29, 1.82) is 0 Å². The van der Waals surface area contributed by atoms with Crippen LogP contribution < -0.4 is 28.3 Å². The molecule has 0 spiro atoms. The molecule has 0 rings (SSSR count). The predicted molar refractivity (Wildman–Crippen MR) is 193 cm³/mol. The maximum atomic E-state index is 11.6. The van der Waals surface area contributed by atoms with Crippen LogP contribution in [0, 0.1) is 0 Å². The lowest BCUT2D eigenvalue weighted by atomic mass is 10.2. The molecule has 0 radical (unpaired) electrons. The number of carbonyl (C=O) groups excluding carboxylic acids is 1. The Labute approximate surface area is 288 Å². The molecule has 0 aromatic rings. The van der Waals surface area contributed by atoms with Crippen molar-refractivity contribution in [3.05, 3.63) is 0 Å². The number of amides is 1. The van der Waals surface area contributed by atoms with E-state index in [4.69, 9.17) is 43.4 Å². The fourth-order valence-electron chi connectivity index (χ4n) is 2.25.